The van der Waals surface area contributed by atoms with Gasteiger partial charge in [-0.15, -0.1) is 11.3 Å². The molecule has 1 aliphatic rings. The van der Waals surface area contributed by atoms with E-state index in [0.29, 0.717) is 17.9 Å². The Labute approximate surface area is 202 Å². The number of benzene rings is 2. The predicted molar refractivity (Wildman–Crippen MR) is 135 cm³/mol. The van der Waals surface area contributed by atoms with Crippen LogP contribution >= 0.6 is 11.3 Å². The zero-order chi connectivity index (χ0) is 23.9. The molecule has 1 aliphatic heterocycles. The van der Waals surface area contributed by atoms with Gasteiger partial charge in [-0.25, -0.2) is 0 Å². The van der Waals surface area contributed by atoms with Crippen LogP contribution in [0.3, 0.4) is 0 Å². The molecule has 34 heavy (non-hydrogen) atoms. The van der Waals surface area contributed by atoms with Crippen molar-refractivity contribution >= 4 is 28.8 Å². The zero-order valence-corrected chi connectivity index (χ0v) is 20.2. The maximum Gasteiger partial charge on any atom is 0.277 e. The molecule has 7 heteroatoms. The van der Waals surface area contributed by atoms with E-state index < -0.39 is 5.54 Å². The van der Waals surface area contributed by atoms with Gasteiger partial charge in [0.1, 0.15) is 16.9 Å². The minimum atomic E-state index is -1.15. The van der Waals surface area contributed by atoms with E-state index in [1.807, 2.05) is 92.9 Å². The first-order valence-corrected chi connectivity index (χ1v) is 12.1. The molecule has 0 spiro atoms. The number of aromatic nitrogens is 2. The van der Waals surface area contributed by atoms with Gasteiger partial charge in [-0.2, -0.15) is 5.10 Å². The van der Waals surface area contributed by atoms with Gasteiger partial charge >= 0.3 is 0 Å². The maximum absolute atomic E-state index is 13.8. The molecule has 0 saturated heterocycles. The van der Waals surface area contributed by atoms with Crippen LogP contribution in [0.15, 0.2) is 72.1 Å². The number of hydrogen-bond acceptors (Lipinski definition) is 4. The summed E-state index contributed by atoms with van der Waals surface area (Å²) in [6.07, 6.45) is 0. The fourth-order valence-corrected chi connectivity index (χ4v) is 4.98. The SMILES string of the molecule is Cc1ccc(CNC(=O)[C@@]2(C)Cn3nc(-c4cccs4)cc3C(=O)N2c2ccc(C)cc2)cc1. The Balaban J connectivity index is 1.52. The van der Waals surface area contributed by atoms with Crippen LogP contribution in [0, 0.1) is 13.8 Å². The molecule has 6 nitrogen and oxygen atoms in total. The third-order valence-electron chi connectivity index (χ3n) is 6.28. The first kappa shape index (κ1) is 22.1. The second-order valence-electron chi connectivity index (χ2n) is 8.97. The number of hydrogen-bond donors (Lipinski definition) is 1. The Morgan fingerprint density at radius 1 is 1.06 bits per heavy atom. The number of anilines is 1. The molecule has 4 aromatic rings. The minimum Gasteiger partial charge on any atom is -0.350 e. The second-order valence-corrected chi connectivity index (χ2v) is 9.92. The van der Waals surface area contributed by atoms with Crippen molar-refractivity contribution in [2.75, 3.05) is 4.90 Å². The topological polar surface area (TPSA) is 67.2 Å². The van der Waals surface area contributed by atoms with Gasteiger partial charge in [-0.05, 0) is 56.0 Å². The molecular formula is C27H26N4O2S. The number of fused-ring (bicyclic) bond motifs is 1. The molecule has 3 heterocycles. The number of thiophene rings is 1. The molecule has 0 unspecified atom stereocenters. The Morgan fingerprint density at radius 2 is 1.74 bits per heavy atom. The van der Waals surface area contributed by atoms with Gasteiger partial charge in [0, 0.05) is 12.2 Å². The first-order chi connectivity index (χ1) is 16.3. The first-order valence-electron chi connectivity index (χ1n) is 11.2. The normalized spacial score (nSPS) is 17.5. The van der Waals surface area contributed by atoms with Crippen LogP contribution in [0.2, 0.25) is 0 Å². The predicted octanol–water partition coefficient (Wildman–Crippen LogP) is 4.96. The van der Waals surface area contributed by atoms with E-state index in [4.69, 9.17) is 5.10 Å². The van der Waals surface area contributed by atoms with Crippen LogP contribution in [0.4, 0.5) is 5.69 Å². The van der Waals surface area contributed by atoms with Gasteiger partial charge in [0.15, 0.2) is 0 Å². The molecule has 2 amide bonds. The van der Waals surface area contributed by atoms with E-state index in [9.17, 15) is 9.59 Å². The molecule has 2 aromatic carbocycles. The molecular weight excluding hydrogens is 444 g/mol. The summed E-state index contributed by atoms with van der Waals surface area (Å²) in [7, 11) is 0. The highest BCUT2D eigenvalue weighted by Gasteiger charge is 2.48. The van der Waals surface area contributed by atoms with Crippen molar-refractivity contribution in [1.29, 1.82) is 0 Å². The summed E-state index contributed by atoms with van der Waals surface area (Å²) >= 11 is 1.57. The summed E-state index contributed by atoms with van der Waals surface area (Å²) in [5.41, 5.74) is 4.02. The Hall–Kier alpha value is -3.71. The van der Waals surface area contributed by atoms with Gasteiger partial charge in [0.2, 0.25) is 5.91 Å². The number of rotatable bonds is 5. The molecule has 0 aliphatic carbocycles. The molecule has 172 valence electrons. The van der Waals surface area contributed by atoms with Crippen LogP contribution in [0.5, 0.6) is 0 Å². The molecule has 5 rings (SSSR count). The molecule has 1 atom stereocenters. The summed E-state index contributed by atoms with van der Waals surface area (Å²) in [5.74, 6) is -0.459. The fourth-order valence-electron chi connectivity index (χ4n) is 4.30. The molecule has 0 radical (unpaired) electrons. The minimum absolute atomic E-state index is 0.221. The number of carbonyl (C=O) groups excluding carboxylic acids is 2. The Morgan fingerprint density at radius 3 is 2.38 bits per heavy atom. The fraction of sp³-hybridized carbons (Fsp3) is 0.222. The monoisotopic (exact) mass is 470 g/mol. The third-order valence-corrected chi connectivity index (χ3v) is 7.17. The average Bonchev–Trinajstić information content (AvgIpc) is 3.50. The third kappa shape index (κ3) is 3.92. The lowest BCUT2D eigenvalue weighted by atomic mass is 9.93. The molecule has 0 bridgehead atoms. The number of nitrogens with zero attached hydrogens (tertiary/aromatic N) is 3. The zero-order valence-electron chi connectivity index (χ0n) is 19.4. The van der Waals surface area contributed by atoms with Crippen molar-refractivity contribution in [2.45, 2.75) is 39.4 Å². The van der Waals surface area contributed by atoms with E-state index in [-0.39, 0.29) is 18.4 Å². The van der Waals surface area contributed by atoms with Crippen molar-refractivity contribution in [3.63, 3.8) is 0 Å². The standard InChI is InChI=1S/C27H26N4O2S/c1-18-6-10-20(11-7-18)16-28-26(33)27(3)17-30-23(15-22(29-30)24-5-4-14-34-24)25(32)31(27)21-12-8-19(2)9-13-21/h4-15H,16-17H2,1-3H3,(H,28,33)/t27-/m1/s1. The van der Waals surface area contributed by atoms with Crippen molar-refractivity contribution in [1.82, 2.24) is 15.1 Å². The van der Waals surface area contributed by atoms with E-state index >= 15 is 0 Å². The van der Waals surface area contributed by atoms with Gasteiger partial charge in [-0.3, -0.25) is 19.2 Å². The summed E-state index contributed by atoms with van der Waals surface area (Å²) < 4.78 is 1.67. The summed E-state index contributed by atoms with van der Waals surface area (Å²) in [5, 5.41) is 9.73. The van der Waals surface area contributed by atoms with Gasteiger partial charge in [0.05, 0.1) is 11.4 Å². The van der Waals surface area contributed by atoms with E-state index in [1.54, 1.807) is 20.9 Å². The molecule has 2 aromatic heterocycles. The summed E-state index contributed by atoms with van der Waals surface area (Å²) in [6, 6.07) is 21.5. The maximum atomic E-state index is 13.8. The summed E-state index contributed by atoms with van der Waals surface area (Å²) in [6.45, 7) is 6.48. The Bertz CT molecular complexity index is 1340. The number of carbonyl (C=O) groups is 2. The van der Waals surface area contributed by atoms with Crippen LogP contribution < -0.4 is 10.2 Å². The molecule has 0 saturated carbocycles. The number of amides is 2. The van der Waals surface area contributed by atoms with Crippen molar-refractivity contribution in [3.05, 3.63) is 94.5 Å². The molecule has 0 fully saturated rings. The lowest BCUT2D eigenvalue weighted by Crippen LogP contribution is -2.64. The summed E-state index contributed by atoms with van der Waals surface area (Å²) in [4.78, 5) is 30.1. The van der Waals surface area contributed by atoms with Crippen LogP contribution in [0.25, 0.3) is 10.6 Å². The highest BCUT2D eigenvalue weighted by atomic mass is 32.1. The van der Waals surface area contributed by atoms with E-state index in [1.165, 1.54) is 5.56 Å². The van der Waals surface area contributed by atoms with Crippen molar-refractivity contribution in [2.24, 2.45) is 0 Å². The molecule has 1 N–H and O–H groups in total. The van der Waals surface area contributed by atoms with Gasteiger partial charge in [-0.1, -0.05) is 53.6 Å². The number of nitrogens with one attached hydrogen (secondary N) is 1. The highest BCUT2D eigenvalue weighted by molar-refractivity contribution is 7.13. The second kappa shape index (κ2) is 8.57. The lowest BCUT2D eigenvalue weighted by Gasteiger charge is -2.43. The lowest BCUT2D eigenvalue weighted by molar-refractivity contribution is -0.126. The van der Waals surface area contributed by atoms with E-state index in [0.717, 1.165) is 21.7 Å². The van der Waals surface area contributed by atoms with Crippen LogP contribution in [0.1, 0.15) is 34.1 Å². The van der Waals surface area contributed by atoms with Crippen molar-refractivity contribution < 1.29 is 9.59 Å². The van der Waals surface area contributed by atoms with Crippen molar-refractivity contribution in [3.8, 4) is 10.6 Å². The smallest absolute Gasteiger partial charge is 0.277 e. The van der Waals surface area contributed by atoms with Gasteiger partial charge < -0.3 is 5.32 Å². The van der Waals surface area contributed by atoms with E-state index in [2.05, 4.69) is 5.32 Å². The number of aryl methyl sites for hydroxylation is 2. The quantitative estimate of drug-likeness (QED) is 0.448. The van der Waals surface area contributed by atoms with Gasteiger partial charge in [0.25, 0.3) is 5.91 Å². The average molecular weight is 471 g/mol. The Kier molecular flexibility index (Phi) is 5.57. The highest BCUT2D eigenvalue weighted by Crippen LogP contribution is 2.35. The van der Waals surface area contributed by atoms with Crippen LogP contribution in [-0.2, 0) is 17.9 Å². The largest absolute Gasteiger partial charge is 0.350 e. The van der Waals surface area contributed by atoms with Crippen LogP contribution in [-0.4, -0.2) is 27.1 Å².